The minimum absolute atomic E-state index is 0.522. The third kappa shape index (κ3) is 1.73. The molecule has 1 aromatic rings. The van der Waals surface area contributed by atoms with Crippen molar-refractivity contribution in [1.29, 1.82) is 0 Å². The first-order valence-electron chi connectivity index (χ1n) is 4.90. The number of pyridine rings is 1. The van der Waals surface area contributed by atoms with Crippen LogP contribution in [0.3, 0.4) is 0 Å². The van der Waals surface area contributed by atoms with Gasteiger partial charge in [0.05, 0.1) is 0 Å². The molecule has 1 aliphatic carbocycles. The molecule has 70 valence electrons. The maximum atomic E-state index is 4.18. The first-order chi connectivity index (χ1) is 6.33. The predicted molar refractivity (Wildman–Crippen MR) is 53.5 cm³/mol. The zero-order valence-corrected chi connectivity index (χ0v) is 8.25. The molecule has 1 saturated carbocycles. The van der Waals surface area contributed by atoms with Crippen molar-refractivity contribution in [1.82, 2.24) is 10.3 Å². The predicted octanol–water partition coefficient (Wildman–Crippen LogP) is 2.06. The lowest BCUT2D eigenvalue weighted by molar-refractivity contribution is 0.524. The van der Waals surface area contributed by atoms with Gasteiger partial charge in [0, 0.05) is 18.4 Å². The highest BCUT2D eigenvalue weighted by Gasteiger charge is 2.31. The van der Waals surface area contributed by atoms with Crippen LogP contribution < -0.4 is 5.32 Å². The molecule has 0 saturated heterocycles. The molecular formula is C11H16N2. The van der Waals surface area contributed by atoms with E-state index in [0.717, 1.165) is 5.92 Å². The van der Waals surface area contributed by atoms with Crippen molar-refractivity contribution in [3.05, 3.63) is 29.6 Å². The summed E-state index contributed by atoms with van der Waals surface area (Å²) in [6, 6.07) is 2.61. The Bertz CT molecular complexity index is 292. The Morgan fingerprint density at radius 3 is 2.85 bits per heavy atom. The number of nitrogens with zero attached hydrogens (tertiary/aromatic N) is 1. The smallest absolute Gasteiger partial charge is 0.0364 e. The summed E-state index contributed by atoms with van der Waals surface area (Å²) < 4.78 is 0. The molecule has 0 bridgehead atoms. The van der Waals surface area contributed by atoms with Crippen molar-refractivity contribution in [3.8, 4) is 0 Å². The van der Waals surface area contributed by atoms with Gasteiger partial charge in [0.15, 0.2) is 0 Å². The van der Waals surface area contributed by atoms with Crippen LogP contribution in [0.5, 0.6) is 0 Å². The molecule has 2 nitrogen and oxygen atoms in total. The van der Waals surface area contributed by atoms with E-state index in [4.69, 9.17) is 0 Å². The van der Waals surface area contributed by atoms with Gasteiger partial charge in [0.2, 0.25) is 0 Å². The van der Waals surface area contributed by atoms with Crippen molar-refractivity contribution in [2.24, 2.45) is 5.92 Å². The molecule has 13 heavy (non-hydrogen) atoms. The summed E-state index contributed by atoms with van der Waals surface area (Å²) in [6.45, 7) is 2.16. The van der Waals surface area contributed by atoms with Crippen LogP contribution >= 0.6 is 0 Å². The second kappa shape index (κ2) is 3.46. The van der Waals surface area contributed by atoms with E-state index >= 15 is 0 Å². The van der Waals surface area contributed by atoms with Crippen LogP contribution in [0.4, 0.5) is 0 Å². The number of aryl methyl sites for hydroxylation is 1. The molecule has 1 N–H and O–H groups in total. The van der Waals surface area contributed by atoms with Crippen LogP contribution in [0.1, 0.15) is 30.0 Å². The fraction of sp³-hybridized carbons (Fsp3) is 0.545. The number of aromatic nitrogens is 1. The van der Waals surface area contributed by atoms with E-state index in [1.165, 1.54) is 24.0 Å². The molecular weight excluding hydrogens is 160 g/mol. The van der Waals surface area contributed by atoms with E-state index < -0.39 is 0 Å². The minimum Gasteiger partial charge on any atom is -0.313 e. The normalized spacial score (nSPS) is 18.6. The molecule has 0 aromatic carbocycles. The minimum atomic E-state index is 0.522. The van der Waals surface area contributed by atoms with Gasteiger partial charge in [-0.15, -0.1) is 0 Å². The third-order valence-corrected chi connectivity index (χ3v) is 2.82. The molecule has 2 rings (SSSR count). The van der Waals surface area contributed by atoms with Gasteiger partial charge in [-0.05, 0) is 49.9 Å². The highest BCUT2D eigenvalue weighted by molar-refractivity contribution is 5.26. The first kappa shape index (κ1) is 8.70. The summed E-state index contributed by atoms with van der Waals surface area (Å²) in [5.41, 5.74) is 2.72. The average molecular weight is 176 g/mol. The summed E-state index contributed by atoms with van der Waals surface area (Å²) in [5, 5.41) is 3.38. The van der Waals surface area contributed by atoms with Gasteiger partial charge < -0.3 is 5.32 Å². The van der Waals surface area contributed by atoms with Crippen molar-refractivity contribution >= 4 is 0 Å². The lowest BCUT2D eigenvalue weighted by atomic mass is 10.0. The third-order valence-electron chi connectivity index (χ3n) is 2.82. The zero-order chi connectivity index (χ0) is 9.26. The van der Waals surface area contributed by atoms with Crippen LogP contribution in [-0.2, 0) is 0 Å². The Kier molecular flexibility index (Phi) is 2.32. The van der Waals surface area contributed by atoms with Gasteiger partial charge >= 0.3 is 0 Å². The summed E-state index contributed by atoms with van der Waals surface area (Å²) in [5.74, 6) is 0.841. The van der Waals surface area contributed by atoms with Gasteiger partial charge in [0.1, 0.15) is 0 Å². The lowest BCUT2D eigenvalue weighted by Gasteiger charge is -2.17. The van der Waals surface area contributed by atoms with Crippen molar-refractivity contribution in [3.63, 3.8) is 0 Å². The molecule has 1 fully saturated rings. The summed E-state index contributed by atoms with van der Waals surface area (Å²) in [4.78, 5) is 4.18. The summed E-state index contributed by atoms with van der Waals surface area (Å²) in [7, 11) is 2.04. The zero-order valence-electron chi connectivity index (χ0n) is 8.25. The molecule has 1 aromatic heterocycles. The van der Waals surface area contributed by atoms with E-state index in [0.29, 0.717) is 6.04 Å². The summed E-state index contributed by atoms with van der Waals surface area (Å²) >= 11 is 0. The fourth-order valence-electron chi connectivity index (χ4n) is 1.88. The molecule has 1 atom stereocenters. The number of hydrogen-bond acceptors (Lipinski definition) is 2. The molecule has 1 aliphatic rings. The van der Waals surface area contributed by atoms with Crippen LogP contribution in [-0.4, -0.2) is 12.0 Å². The van der Waals surface area contributed by atoms with E-state index in [9.17, 15) is 0 Å². The Labute approximate surface area is 79.4 Å². The van der Waals surface area contributed by atoms with Crippen LogP contribution in [0, 0.1) is 12.8 Å². The largest absolute Gasteiger partial charge is 0.313 e. The van der Waals surface area contributed by atoms with Crippen LogP contribution in [0.15, 0.2) is 18.5 Å². The van der Waals surface area contributed by atoms with Gasteiger partial charge in [-0.3, -0.25) is 4.98 Å². The van der Waals surface area contributed by atoms with E-state index in [-0.39, 0.29) is 0 Å². The Morgan fingerprint density at radius 2 is 2.31 bits per heavy atom. The molecule has 1 heterocycles. The monoisotopic (exact) mass is 176 g/mol. The van der Waals surface area contributed by atoms with Crippen molar-refractivity contribution in [2.45, 2.75) is 25.8 Å². The van der Waals surface area contributed by atoms with E-state index in [2.05, 4.69) is 23.3 Å². The lowest BCUT2D eigenvalue weighted by Crippen LogP contribution is -2.19. The van der Waals surface area contributed by atoms with Gasteiger partial charge in [-0.25, -0.2) is 0 Å². The van der Waals surface area contributed by atoms with Crippen molar-refractivity contribution in [2.75, 3.05) is 7.05 Å². The SMILES string of the molecule is CNC(c1cnccc1C)C1CC1. The maximum absolute atomic E-state index is 4.18. The first-order valence-corrected chi connectivity index (χ1v) is 4.90. The van der Waals surface area contributed by atoms with E-state index in [1.807, 2.05) is 19.4 Å². The highest BCUT2D eigenvalue weighted by atomic mass is 14.9. The Balaban J connectivity index is 2.26. The maximum Gasteiger partial charge on any atom is 0.0364 e. The second-order valence-electron chi connectivity index (χ2n) is 3.84. The molecule has 0 aliphatic heterocycles. The molecule has 1 unspecified atom stereocenters. The Morgan fingerprint density at radius 1 is 1.54 bits per heavy atom. The van der Waals surface area contributed by atoms with Crippen LogP contribution in [0.2, 0.25) is 0 Å². The van der Waals surface area contributed by atoms with Crippen molar-refractivity contribution < 1.29 is 0 Å². The standard InChI is InChI=1S/C11H16N2/c1-8-5-6-13-7-10(8)11(12-2)9-3-4-9/h5-7,9,11-12H,3-4H2,1-2H3. The average Bonchev–Trinajstić information content (AvgIpc) is 2.93. The highest BCUT2D eigenvalue weighted by Crippen LogP contribution is 2.41. The summed E-state index contributed by atoms with van der Waals surface area (Å²) in [6.07, 6.45) is 6.58. The quantitative estimate of drug-likeness (QED) is 0.762. The topological polar surface area (TPSA) is 24.9 Å². The van der Waals surface area contributed by atoms with Gasteiger partial charge in [-0.1, -0.05) is 0 Å². The molecule has 0 amide bonds. The molecule has 2 heteroatoms. The van der Waals surface area contributed by atoms with E-state index in [1.54, 1.807) is 0 Å². The fourth-order valence-corrected chi connectivity index (χ4v) is 1.88. The number of rotatable bonds is 3. The second-order valence-corrected chi connectivity index (χ2v) is 3.84. The molecule has 0 spiro atoms. The van der Waals surface area contributed by atoms with Gasteiger partial charge in [0.25, 0.3) is 0 Å². The van der Waals surface area contributed by atoms with Crippen LogP contribution in [0.25, 0.3) is 0 Å². The number of hydrogen-bond donors (Lipinski definition) is 1. The van der Waals surface area contributed by atoms with Gasteiger partial charge in [-0.2, -0.15) is 0 Å². The number of nitrogens with one attached hydrogen (secondary N) is 1. The Hall–Kier alpha value is -0.890. The molecule has 0 radical (unpaired) electrons.